The predicted molar refractivity (Wildman–Crippen MR) is 134 cm³/mol. The van der Waals surface area contributed by atoms with Crippen LogP contribution in [0.4, 0.5) is 14.5 Å². The van der Waals surface area contributed by atoms with Crippen LogP contribution in [0.1, 0.15) is 64.8 Å². The van der Waals surface area contributed by atoms with Gasteiger partial charge in [0, 0.05) is 43.1 Å². The average Bonchev–Trinajstić information content (AvgIpc) is 3.21. The van der Waals surface area contributed by atoms with Gasteiger partial charge in [-0.25, -0.2) is 8.78 Å². The summed E-state index contributed by atoms with van der Waals surface area (Å²) in [5.41, 5.74) is 4.35. The highest BCUT2D eigenvalue weighted by Gasteiger charge is 2.43. The van der Waals surface area contributed by atoms with Gasteiger partial charge in [-0.1, -0.05) is 23.3 Å². The molecule has 2 heterocycles. The standard InChI is InChI=1S/C27H27ClF2N4O2/c1-16-9-23(28)12-20(24(16)33-25(35)22-11-21(14-31)17(2)32-15-22)10-18-4-7-34(8-5-18)26(36)19-3-6-27(29,30)13-19/h9-12,15,19H,3-8,13H2,1-2H3,(H,33,35)/t19-/m0/s1. The number of pyridine rings is 1. The molecule has 1 N–H and O–H groups in total. The Morgan fingerprint density at radius 3 is 2.61 bits per heavy atom. The highest BCUT2D eigenvalue weighted by molar-refractivity contribution is 6.31. The molecular formula is C27H27ClF2N4O2. The molecule has 1 aliphatic heterocycles. The third kappa shape index (κ3) is 5.73. The number of rotatable bonds is 4. The van der Waals surface area contributed by atoms with E-state index in [0.717, 1.165) is 16.7 Å². The highest BCUT2D eigenvalue weighted by atomic mass is 35.5. The van der Waals surface area contributed by atoms with Crippen molar-refractivity contribution in [2.24, 2.45) is 5.92 Å². The molecule has 1 aliphatic carbocycles. The van der Waals surface area contributed by atoms with Crippen molar-refractivity contribution in [3.63, 3.8) is 0 Å². The Bertz CT molecular complexity index is 1280. The second kappa shape index (κ2) is 10.4. The summed E-state index contributed by atoms with van der Waals surface area (Å²) in [5, 5.41) is 12.7. The first-order valence-corrected chi connectivity index (χ1v) is 12.3. The van der Waals surface area contributed by atoms with E-state index < -0.39 is 17.7 Å². The molecule has 2 fully saturated rings. The SMILES string of the molecule is Cc1cc(Cl)cc(C=C2CCN(C(=O)[C@H]3CCC(F)(F)C3)CC2)c1NC(=O)c1cnc(C)c(C#N)c1. The van der Waals surface area contributed by atoms with Gasteiger partial charge in [0.25, 0.3) is 5.91 Å². The molecular weight excluding hydrogens is 486 g/mol. The molecule has 36 heavy (non-hydrogen) atoms. The Balaban J connectivity index is 1.49. The van der Waals surface area contributed by atoms with E-state index in [0.29, 0.717) is 47.9 Å². The summed E-state index contributed by atoms with van der Waals surface area (Å²) >= 11 is 6.31. The fourth-order valence-corrected chi connectivity index (χ4v) is 5.09. The van der Waals surface area contributed by atoms with Gasteiger partial charge in [0.2, 0.25) is 11.8 Å². The largest absolute Gasteiger partial charge is 0.342 e. The van der Waals surface area contributed by atoms with Gasteiger partial charge in [-0.05, 0) is 62.4 Å². The summed E-state index contributed by atoms with van der Waals surface area (Å²) in [7, 11) is 0. The lowest BCUT2D eigenvalue weighted by Gasteiger charge is -2.31. The number of piperidine rings is 1. The Kier molecular flexibility index (Phi) is 7.41. The van der Waals surface area contributed by atoms with E-state index in [2.05, 4.69) is 10.3 Å². The van der Waals surface area contributed by atoms with Crippen LogP contribution in [-0.2, 0) is 4.79 Å². The lowest BCUT2D eigenvalue weighted by Crippen LogP contribution is -2.39. The van der Waals surface area contributed by atoms with Crippen LogP contribution in [0.5, 0.6) is 0 Å². The molecule has 1 atom stereocenters. The number of hydrogen-bond acceptors (Lipinski definition) is 4. The lowest BCUT2D eigenvalue weighted by molar-refractivity contribution is -0.136. The van der Waals surface area contributed by atoms with Gasteiger partial charge in [0.05, 0.1) is 22.5 Å². The number of amides is 2. The Morgan fingerprint density at radius 1 is 1.25 bits per heavy atom. The van der Waals surface area contributed by atoms with Crippen LogP contribution in [0, 0.1) is 31.1 Å². The third-order valence-electron chi connectivity index (χ3n) is 6.87. The smallest absolute Gasteiger partial charge is 0.257 e. The molecule has 0 bridgehead atoms. The van der Waals surface area contributed by atoms with Gasteiger partial charge < -0.3 is 10.2 Å². The molecule has 2 aliphatic rings. The maximum Gasteiger partial charge on any atom is 0.257 e. The minimum Gasteiger partial charge on any atom is -0.342 e. The van der Waals surface area contributed by atoms with Crippen molar-refractivity contribution in [3.8, 4) is 6.07 Å². The molecule has 6 nitrogen and oxygen atoms in total. The van der Waals surface area contributed by atoms with E-state index in [1.54, 1.807) is 24.0 Å². The molecule has 9 heteroatoms. The van der Waals surface area contributed by atoms with Gasteiger partial charge in [0.15, 0.2) is 0 Å². The van der Waals surface area contributed by atoms with Crippen molar-refractivity contribution in [2.45, 2.75) is 51.9 Å². The second-order valence-electron chi connectivity index (χ2n) is 9.53. The monoisotopic (exact) mass is 512 g/mol. The van der Waals surface area contributed by atoms with Crippen molar-refractivity contribution in [1.82, 2.24) is 9.88 Å². The molecule has 1 saturated heterocycles. The molecule has 4 rings (SSSR count). The van der Waals surface area contributed by atoms with Crippen LogP contribution in [0.2, 0.25) is 5.02 Å². The summed E-state index contributed by atoms with van der Waals surface area (Å²) in [5.74, 6) is -3.91. The zero-order valence-electron chi connectivity index (χ0n) is 20.2. The lowest BCUT2D eigenvalue weighted by atomic mass is 9.97. The van der Waals surface area contributed by atoms with E-state index in [1.807, 2.05) is 19.1 Å². The van der Waals surface area contributed by atoms with E-state index in [1.165, 1.54) is 12.3 Å². The number of carbonyl (C=O) groups excluding carboxylic acids is 2. The first-order valence-electron chi connectivity index (χ1n) is 11.9. The van der Waals surface area contributed by atoms with Gasteiger partial charge in [-0.3, -0.25) is 14.6 Å². The van der Waals surface area contributed by atoms with Crippen molar-refractivity contribution in [3.05, 3.63) is 62.9 Å². The molecule has 0 unspecified atom stereocenters. The Hall–Kier alpha value is -3.31. The number of hydrogen-bond donors (Lipinski definition) is 1. The maximum absolute atomic E-state index is 13.5. The van der Waals surface area contributed by atoms with Gasteiger partial charge in [0.1, 0.15) is 6.07 Å². The third-order valence-corrected chi connectivity index (χ3v) is 7.09. The number of aryl methyl sites for hydroxylation is 2. The van der Waals surface area contributed by atoms with Crippen LogP contribution in [0.25, 0.3) is 6.08 Å². The second-order valence-corrected chi connectivity index (χ2v) is 9.97. The van der Waals surface area contributed by atoms with Crippen LogP contribution in [0.15, 0.2) is 30.0 Å². The van der Waals surface area contributed by atoms with Gasteiger partial charge in [-0.15, -0.1) is 0 Å². The molecule has 2 amide bonds. The molecule has 0 spiro atoms. The number of nitrogens with zero attached hydrogens (tertiary/aromatic N) is 3. The predicted octanol–water partition coefficient (Wildman–Crippen LogP) is 5.92. The van der Waals surface area contributed by atoms with E-state index >= 15 is 0 Å². The first kappa shape index (κ1) is 25.8. The number of halogens is 3. The van der Waals surface area contributed by atoms with Crippen molar-refractivity contribution in [2.75, 3.05) is 18.4 Å². The Morgan fingerprint density at radius 2 is 1.97 bits per heavy atom. The molecule has 2 aromatic rings. The quantitative estimate of drug-likeness (QED) is 0.551. The maximum atomic E-state index is 13.5. The van der Waals surface area contributed by atoms with Crippen molar-refractivity contribution in [1.29, 1.82) is 5.26 Å². The number of likely N-dealkylation sites (tertiary alicyclic amines) is 1. The van der Waals surface area contributed by atoms with Crippen LogP contribution >= 0.6 is 11.6 Å². The minimum absolute atomic E-state index is 0.179. The summed E-state index contributed by atoms with van der Waals surface area (Å²) in [6.45, 7) is 4.49. The van der Waals surface area contributed by atoms with E-state index in [-0.39, 0.29) is 30.7 Å². The summed E-state index contributed by atoms with van der Waals surface area (Å²) < 4.78 is 27.1. The Labute approximate surface area is 214 Å². The summed E-state index contributed by atoms with van der Waals surface area (Å²) in [4.78, 5) is 31.5. The van der Waals surface area contributed by atoms with Crippen LogP contribution < -0.4 is 5.32 Å². The molecule has 1 aromatic carbocycles. The van der Waals surface area contributed by atoms with Crippen LogP contribution in [0.3, 0.4) is 0 Å². The number of nitriles is 1. The van der Waals surface area contributed by atoms with Gasteiger partial charge in [-0.2, -0.15) is 5.26 Å². The normalized spacial score (nSPS) is 19.1. The molecule has 1 aromatic heterocycles. The van der Waals surface area contributed by atoms with Crippen molar-refractivity contribution >= 4 is 35.2 Å². The van der Waals surface area contributed by atoms with Crippen molar-refractivity contribution < 1.29 is 18.4 Å². The first-order chi connectivity index (χ1) is 17.1. The number of aromatic nitrogens is 1. The number of anilines is 1. The molecule has 0 radical (unpaired) electrons. The zero-order valence-corrected chi connectivity index (χ0v) is 21.0. The highest BCUT2D eigenvalue weighted by Crippen LogP contribution is 2.40. The summed E-state index contributed by atoms with van der Waals surface area (Å²) in [6, 6.07) is 7.07. The number of alkyl halides is 2. The molecule has 1 saturated carbocycles. The fraction of sp³-hybridized carbons (Fsp3) is 0.407. The van der Waals surface area contributed by atoms with E-state index in [9.17, 15) is 23.6 Å². The number of carbonyl (C=O) groups is 2. The summed E-state index contributed by atoms with van der Waals surface area (Å²) in [6.07, 6.45) is 4.28. The topological polar surface area (TPSA) is 86.1 Å². The molecule has 188 valence electrons. The zero-order chi connectivity index (χ0) is 26.0. The van der Waals surface area contributed by atoms with Crippen LogP contribution in [-0.4, -0.2) is 40.7 Å². The number of nitrogens with one attached hydrogen (secondary N) is 1. The fourth-order valence-electron chi connectivity index (χ4n) is 4.81. The number of benzene rings is 1. The van der Waals surface area contributed by atoms with E-state index in [4.69, 9.17) is 11.6 Å². The average molecular weight is 513 g/mol. The minimum atomic E-state index is -2.74. The van der Waals surface area contributed by atoms with Gasteiger partial charge >= 0.3 is 0 Å².